The third kappa shape index (κ3) is 2.32. The van der Waals surface area contributed by atoms with Crippen molar-refractivity contribution in [3.8, 4) is 11.8 Å². The zero-order chi connectivity index (χ0) is 18.3. The molecule has 1 unspecified atom stereocenters. The van der Waals surface area contributed by atoms with Gasteiger partial charge in [0.05, 0.1) is 24.8 Å². The van der Waals surface area contributed by atoms with Crippen LogP contribution in [0.5, 0.6) is 5.75 Å². The number of nitrogens with zero attached hydrogens (tertiary/aromatic N) is 2. The van der Waals surface area contributed by atoms with E-state index in [-0.39, 0.29) is 12.5 Å². The first-order valence-electron chi connectivity index (χ1n) is 8.41. The number of nitriles is 1. The van der Waals surface area contributed by atoms with E-state index in [1.54, 1.807) is 12.1 Å². The van der Waals surface area contributed by atoms with Gasteiger partial charge in [-0.05, 0) is 30.2 Å². The molecule has 6 heteroatoms. The van der Waals surface area contributed by atoms with Crippen LogP contribution in [0.3, 0.4) is 0 Å². The number of para-hydroxylation sites is 1. The minimum atomic E-state index is -1.07. The maximum absolute atomic E-state index is 13.2. The Hall–Kier alpha value is -3.33. The summed E-state index contributed by atoms with van der Waals surface area (Å²) in [4.78, 5) is 27.0. The zero-order valence-corrected chi connectivity index (χ0v) is 14.3. The highest BCUT2D eigenvalue weighted by molar-refractivity contribution is 6.07. The van der Waals surface area contributed by atoms with Crippen LogP contribution < -0.4 is 10.1 Å². The monoisotopic (exact) mass is 347 g/mol. The molecule has 0 saturated carbocycles. The summed E-state index contributed by atoms with van der Waals surface area (Å²) >= 11 is 0. The van der Waals surface area contributed by atoms with Crippen molar-refractivity contribution < 1.29 is 14.3 Å². The van der Waals surface area contributed by atoms with Gasteiger partial charge in [0.15, 0.2) is 5.54 Å². The third-order valence-electron chi connectivity index (χ3n) is 5.02. The number of aryl methyl sites for hydroxylation is 1. The van der Waals surface area contributed by atoms with E-state index in [0.717, 1.165) is 11.1 Å². The van der Waals surface area contributed by atoms with Crippen molar-refractivity contribution in [2.24, 2.45) is 0 Å². The van der Waals surface area contributed by atoms with E-state index in [2.05, 4.69) is 11.4 Å². The van der Waals surface area contributed by atoms with Crippen LogP contribution in [0.1, 0.15) is 28.7 Å². The SMILES string of the molecule is Cc1ccc(CN2C(=O)NC3(CCOc4ccccc43)C2=O)cc1C#N. The van der Waals surface area contributed by atoms with Gasteiger partial charge in [-0.1, -0.05) is 30.3 Å². The first-order chi connectivity index (χ1) is 12.5. The number of hydrogen-bond acceptors (Lipinski definition) is 4. The Morgan fingerprint density at radius 1 is 1.27 bits per heavy atom. The van der Waals surface area contributed by atoms with Gasteiger partial charge in [0, 0.05) is 12.0 Å². The average Bonchev–Trinajstić information content (AvgIpc) is 2.88. The molecular formula is C20H17N3O3. The van der Waals surface area contributed by atoms with Gasteiger partial charge in [-0.25, -0.2) is 4.79 Å². The molecule has 26 heavy (non-hydrogen) atoms. The number of carbonyl (C=O) groups excluding carboxylic acids is 2. The number of benzene rings is 2. The van der Waals surface area contributed by atoms with E-state index >= 15 is 0 Å². The van der Waals surface area contributed by atoms with Crippen LogP contribution >= 0.6 is 0 Å². The maximum atomic E-state index is 13.2. The number of fused-ring (bicyclic) bond motifs is 2. The topological polar surface area (TPSA) is 82.4 Å². The lowest BCUT2D eigenvalue weighted by Gasteiger charge is -2.33. The average molecular weight is 347 g/mol. The van der Waals surface area contributed by atoms with Crippen LogP contribution in [0.4, 0.5) is 4.79 Å². The molecule has 2 heterocycles. The summed E-state index contributed by atoms with van der Waals surface area (Å²) < 4.78 is 5.63. The smallest absolute Gasteiger partial charge is 0.325 e. The van der Waals surface area contributed by atoms with E-state index in [4.69, 9.17) is 4.74 Å². The van der Waals surface area contributed by atoms with Crippen molar-refractivity contribution in [1.29, 1.82) is 5.26 Å². The van der Waals surface area contributed by atoms with Gasteiger partial charge in [0.25, 0.3) is 5.91 Å². The highest BCUT2D eigenvalue weighted by Crippen LogP contribution is 2.41. The predicted octanol–water partition coefficient (Wildman–Crippen LogP) is 2.60. The van der Waals surface area contributed by atoms with Gasteiger partial charge < -0.3 is 10.1 Å². The third-order valence-corrected chi connectivity index (χ3v) is 5.02. The summed E-state index contributed by atoms with van der Waals surface area (Å²) in [5.41, 5.74) is 1.76. The van der Waals surface area contributed by atoms with Crippen molar-refractivity contribution in [1.82, 2.24) is 10.2 Å². The summed E-state index contributed by atoms with van der Waals surface area (Å²) in [6.07, 6.45) is 0.391. The molecule has 2 aliphatic rings. The second kappa shape index (κ2) is 5.88. The maximum Gasteiger partial charge on any atom is 0.325 e. The molecule has 1 spiro atoms. The summed E-state index contributed by atoms with van der Waals surface area (Å²) in [7, 11) is 0. The molecule has 2 aliphatic heterocycles. The number of carbonyl (C=O) groups is 2. The number of imide groups is 1. The highest BCUT2D eigenvalue weighted by atomic mass is 16.5. The molecule has 1 fully saturated rings. The molecule has 4 rings (SSSR count). The minimum Gasteiger partial charge on any atom is -0.493 e. The number of rotatable bonds is 2. The van der Waals surface area contributed by atoms with Crippen molar-refractivity contribution >= 4 is 11.9 Å². The quantitative estimate of drug-likeness (QED) is 0.847. The van der Waals surface area contributed by atoms with Crippen molar-refractivity contribution in [3.05, 3.63) is 64.7 Å². The van der Waals surface area contributed by atoms with Gasteiger partial charge in [0.2, 0.25) is 0 Å². The standard InChI is InChI=1S/C20H17N3O3/c1-13-6-7-14(10-15(13)11-21)12-23-18(24)20(22-19(23)25)8-9-26-17-5-3-2-4-16(17)20/h2-7,10H,8-9,12H2,1H3,(H,22,25). The summed E-state index contributed by atoms with van der Waals surface area (Å²) in [5, 5.41) is 12.1. The van der Waals surface area contributed by atoms with E-state index in [1.807, 2.05) is 37.3 Å². The van der Waals surface area contributed by atoms with E-state index in [0.29, 0.717) is 29.9 Å². The van der Waals surface area contributed by atoms with Crippen LogP contribution in [0.2, 0.25) is 0 Å². The number of nitrogens with one attached hydrogen (secondary N) is 1. The molecule has 130 valence electrons. The molecule has 1 N–H and O–H groups in total. The second-order valence-corrected chi connectivity index (χ2v) is 6.58. The van der Waals surface area contributed by atoms with E-state index in [9.17, 15) is 14.9 Å². The normalized spacial score (nSPS) is 21.2. The first kappa shape index (κ1) is 16.2. The van der Waals surface area contributed by atoms with Crippen molar-refractivity contribution in [2.45, 2.75) is 25.4 Å². The van der Waals surface area contributed by atoms with Crippen LogP contribution in [0.15, 0.2) is 42.5 Å². The molecular weight excluding hydrogens is 330 g/mol. The Morgan fingerprint density at radius 2 is 2.08 bits per heavy atom. The Kier molecular flexibility index (Phi) is 3.66. The molecule has 0 aliphatic carbocycles. The Labute approximate surface area is 151 Å². The predicted molar refractivity (Wildman–Crippen MR) is 93.2 cm³/mol. The molecule has 3 amide bonds. The molecule has 1 atom stereocenters. The van der Waals surface area contributed by atoms with Gasteiger partial charge in [-0.15, -0.1) is 0 Å². The van der Waals surface area contributed by atoms with Gasteiger partial charge >= 0.3 is 6.03 Å². The van der Waals surface area contributed by atoms with Crippen molar-refractivity contribution in [2.75, 3.05) is 6.61 Å². The lowest BCUT2D eigenvalue weighted by Crippen LogP contribution is -2.47. The fourth-order valence-corrected chi connectivity index (χ4v) is 3.59. The molecule has 0 radical (unpaired) electrons. The summed E-state index contributed by atoms with van der Waals surface area (Å²) in [6.45, 7) is 2.34. The fraction of sp³-hybridized carbons (Fsp3) is 0.250. The Balaban J connectivity index is 1.68. The Bertz CT molecular complexity index is 963. The zero-order valence-electron chi connectivity index (χ0n) is 14.3. The van der Waals surface area contributed by atoms with Gasteiger partial charge in [-0.3, -0.25) is 9.69 Å². The van der Waals surface area contributed by atoms with Crippen LogP contribution in [0.25, 0.3) is 0 Å². The number of amides is 3. The number of urea groups is 1. The van der Waals surface area contributed by atoms with Crippen LogP contribution in [-0.2, 0) is 16.9 Å². The molecule has 2 aromatic rings. The lowest BCUT2D eigenvalue weighted by atomic mass is 9.84. The van der Waals surface area contributed by atoms with Crippen LogP contribution in [0, 0.1) is 18.3 Å². The molecule has 6 nitrogen and oxygen atoms in total. The number of hydrogen-bond donors (Lipinski definition) is 1. The molecule has 2 aromatic carbocycles. The largest absolute Gasteiger partial charge is 0.493 e. The second-order valence-electron chi connectivity index (χ2n) is 6.58. The summed E-state index contributed by atoms with van der Waals surface area (Å²) in [6, 6.07) is 14.4. The summed E-state index contributed by atoms with van der Waals surface area (Å²) in [5.74, 6) is 0.341. The highest BCUT2D eigenvalue weighted by Gasteiger charge is 2.54. The first-order valence-corrected chi connectivity index (χ1v) is 8.41. The van der Waals surface area contributed by atoms with E-state index < -0.39 is 11.6 Å². The van der Waals surface area contributed by atoms with Gasteiger partial charge in [-0.2, -0.15) is 5.26 Å². The lowest BCUT2D eigenvalue weighted by molar-refractivity contribution is -0.133. The molecule has 1 saturated heterocycles. The van der Waals surface area contributed by atoms with Gasteiger partial charge in [0.1, 0.15) is 5.75 Å². The van der Waals surface area contributed by atoms with Crippen LogP contribution in [-0.4, -0.2) is 23.4 Å². The Morgan fingerprint density at radius 3 is 2.88 bits per heavy atom. The minimum absolute atomic E-state index is 0.129. The van der Waals surface area contributed by atoms with Crippen molar-refractivity contribution in [3.63, 3.8) is 0 Å². The molecule has 0 aromatic heterocycles. The molecule has 0 bridgehead atoms. The number of ether oxygens (including phenoxy) is 1. The van der Waals surface area contributed by atoms with E-state index in [1.165, 1.54) is 4.90 Å². The fourth-order valence-electron chi connectivity index (χ4n) is 3.59.